The van der Waals surface area contributed by atoms with E-state index in [-0.39, 0.29) is 36.8 Å². The average molecular weight is 438 g/mol. The van der Waals surface area contributed by atoms with Gasteiger partial charge in [-0.2, -0.15) is 4.98 Å². The molecule has 2 aliphatic rings. The quantitative estimate of drug-likeness (QED) is 0.726. The second-order valence-corrected chi connectivity index (χ2v) is 7.41. The lowest BCUT2D eigenvalue weighted by molar-refractivity contribution is -0.136. The van der Waals surface area contributed by atoms with E-state index in [4.69, 9.17) is 15.0 Å². The maximum Gasteiger partial charge on any atom is 0.240 e. The standard InChI is InChI=1S/C18H31N5O3.2ClH/c1-13(25-2)17-20-16(26-21-17)12-22-7-4-8-23(10-9-22)18(24)15-6-3-5-14(15)11-19;;/h13-15H,3-12,19H2,1-2H3;2*1H/t13?,14-,15-;;/m1../s1. The third-order valence-electron chi connectivity index (χ3n) is 5.74. The summed E-state index contributed by atoms with van der Waals surface area (Å²) in [6, 6.07) is 0. The Balaban J connectivity index is 0.00000196. The van der Waals surface area contributed by atoms with E-state index < -0.39 is 0 Å². The second-order valence-electron chi connectivity index (χ2n) is 7.41. The van der Waals surface area contributed by atoms with Crippen LogP contribution in [0.5, 0.6) is 0 Å². The van der Waals surface area contributed by atoms with Crippen molar-refractivity contribution in [2.45, 2.75) is 45.3 Å². The number of carbonyl (C=O) groups is 1. The Morgan fingerprint density at radius 1 is 1.25 bits per heavy atom. The smallest absolute Gasteiger partial charge is 0.240 e. The minimum absolute atomic E-state index is 0. The summed E-state index contributed by atoms with van der Waals surface area (Å²) in [5.74, 6) is 1.96. The van der Waals surface area contributed by atoms with Gasteiger partial charge in [0.15, 0.2) is 5.82 Å². The number of carbonyl (C=O) groups excluding carboxylic acids is 1. The van der Waals surface area contributed by atoms with Gasteiger partial charge in [0.2, 0.25) is 11.8 Å². The molecule has 28 heavy (non-hydrogen) atoms. The van der Waals surface area contributed by atoms with Gasteiger partial charge in [0, 0.05) is 39.2 Å². The van der Waals surface area contributed by atoms with E-state index in [1.807, 2.05) is 11.8 Å². The molecule has 3 atom stereocenters. The molecule has 1 aromatic rings. The Kier molecular flexibility index (Phi) is 10.7. The van der Waals surface area contributed by atoms with Crippen molar-refractivity contribution < 1.29 is 14.1 Å². The van der Waals surface area contributed by atoms with Crippen molar-refractivity contribution in [3.63, 3.8) is 0 Å². The highest BCUT2D eigenvalue weighted by molar-refractivity contribution is 5.85. The lowest BCUT2D eigenvalue weighted by Gasteiger charge is -2.27. The molecule has 1 amide bonds. The van der Waals surface area contributed by atoms with Crippen LogP contribution in [0.15, 0.2) is 4.52 Å². The van der Waals surface area contributed by atoms with Crippen molar-refractivity contribution in [3.8, 4) is 0 Å². The Bertz CT molecular complexity index is 604. The van der Waals surface area contributed by atoms with Crippen LogP contribution in [-0.2, 0) is 16.1 Å². The molecular weight excluding hydrogens is 405 g/mol. The van der Waals surface area contributed by atoms with Crippen LogP contribution < -0.4 is 5.73 Å². The predicted octanol–water partition coefficient (Wildman–Crippen LogP) is 2.03. The van der Waals surface area contributed by atoms with E-state index in [1.165, 1.54) is 0 Å². The average Bonchev–Trinajstić information content (AvgIpc) is 3.26. The minimum Gasteiger partial charge on any atom is -0.374 e. The number of halogens is 2. The second kappa shape index (κ2) is 11.9. The number of hydrogen-bond donors (Lipinski definition) is 1. The van der Waals surface area contributed by atoms with Crippen LogP contribution in [0.3, 0.4) is 0 Å². The van der Waals surface area contributed by atoms with Gasteiger partial charge in [-0.05, 0) is 38.6 Å². The molecule has 1 unspecified atom stereocenters. The van der Waals surface area contributed by atoms with Gasteiger partial charge in [-0.1, -0.05) is 11.6 Å². The van der Waals surface area contributed by atoms with Crippen LogP contribution in [0.4, 0.5) is 0 Å². The van der Waals surface area contributed by atoms with E-state index >= 15 is 0 Å². The first kappa shape index (κ1) is 25.1. The molecule has 0 bridgehead atoms. The summed E-state index contributed by atoms with van der Waals surface area (Å²) >= 11 is 0. The molecule has 0 radical (unpaired) electrons. The van der Waals surface area contributed by atoms with Gasteiger partial charge < -0.3 is 19.9 Å². The van der Waals surface area contributed by atoms with E-state index in [0.29, 0.717) is 36.6 Å². The lowest BCUT2D eigenvalue weighted by atomic mass is 9.94. The van der Waals surface area contributed by atoms with Gasteiger partial charge in [-0.25, -0.2) is 0 Å². The summed E-state index contributed by atoms with van der Waals surface area (Å²) in [6.45, 7) is 6.44. The monoisotopic (exact) mass is 437 g/mol. The number of nitrogens with two attached hydrogens (primary N) is 1. The van der Waals surface area contributed by atoms with E-state index in [0.717, 1.165) is 51.9 Å². The highest BCUT2D eigenvalue weighted by Gasteiger charge is 2.35. The van der Waals surface area contributed by atoms with E-state index in [1.54, 1.807) is 7.11 Å². The first-order valence-electron chi connectivity index (χ1n) is 9.68. The summed E-state index contributed by atoms with van der Waals surface area (Å²) in [5, 5.41) is 3.97. The largest absolute Gasteiger partial charge is 0.374 e. The Hall–Kier alpha value is -0.930. The van der Waals surface area contributed by atoms with Crippen LogP contribution in [0.25, 0.3) is 0 Å². The van der Waals surface area contributed by atoms with Gasteiger partial charge in [-0.3, -0.25) is 9.69 Å². The van der Waals surface area contributed by atoms with E-state index in [2.05, 4.69) is 15.0 Å². The molecule has 3 rings (SSSR count). The number of rotatable bonds is 6. The molecule has 0 aromatic carbocycles. The first-order valence-corrected chi connectivity index (χ1v) is 9.68. The molecule has 1 saturated carbocycles. The zero-order chi connectivity index (χ0) is 18.5. The van der Waals surface area contributed by atoms with Crippen molar-refractivity contribution >= 4 is 30.7 Å². The molecule has 1 aliphatic heterocycles. The number of ether oxygens (including phenoxy) is 1. The Morgan fingerprint density at radius 2 is 2.04 bits per heavy atom. The topological polar surface area (TPSA) is 97.7 Å². The number of hydrogen-bond acceptors (Lipinski definition) is 7. The fourth-order valence-electron chi connectivity index (χ4n) is 4.02. The summed E-state index contributed by atoms with van der Waals surface area (Å²) in [7, 11) is 1.63. The van der Waals surface area contributed by atoms with Crippen molar-refractivity contribution in [3.05, 3.63) is 11.7 Å². The molecule has 8 nitrogen and oxygen atoms in total. The molecule has 162 valence electrons. The highest BCUT2D eigenvalue weighted by atomic mass is 35.5. The maximum absolute atomic E-state index is 12.9. The Morgan fingerprint density at radius 3 is 2.75 bits per heavy atom. The maximum atomic E-state index is 12.9. The fraction of sp³-hybridized carbons (Fsp3) is 0.833. The molecule has 0 spiro atoms. The van der Waals surface area contributed by atoms with Crippen LogP contribution in [0.1, 0.15) is 50.4 Å². The lowest BCUT2D eigenvalue weighted by Crippen LogP contribution is -2.41. The summed E-state index contributed by atoms with van der Waals surface area (Å²) in [4.78, 5) is 21.6. The predicted molar refractivity (Wildman–Crippen MR) is 111 cm³/mol. The van der Waals surface area contributed by atoms with Crippen LogP contribution in [0.2, 0.25) is 0 Å². The minimum atomic E-state index is -0.174. The zero-order valence-electron chi connectivity index (χ0n) is 16.7. The van der Waals surface area contributed by atoms with Crippen molar-refractivity contribution in [1.82, 2.24) is 19.9 Å². The highest BCUT2D eigenvalue weighted by Crippen LogP contribution is 2.32. The van der Waals surface area contributed by atoms with E-state index in [9.17, 15) is 4.79 Å². The van der Waals surface area contributed by atoms with Gasteiger partial charge >= 0.3 is 0 Å². The number of amides is 1. The molecule has 2 fully saturated rings. The third-order valence-corrected chi connectivity index (χ3v) is 5.74. The van der Waals surface area contributed by atoms with Crippen molar-refractivity contribution in [2.75, 3.05) is 39.8 Å². The Labute approximate surface area is 179 Å². The summed E-state index contributed by atoms with van der Waals surface area (Å²) in [6.07, 6.45) is 3.99. The molecular formula is C18H33Cl2N5O3. The molecule has 2 N–H and O–H groups in total. The van der Waals surface area contributed by atoms with Crippen LogP contribution >= 0.6 is 24.8 Å². The molecule has 2 heterocycles. The van der Waals surface area contributed by atoms with Gasteiger partial charge in [0.25, 0.3) is 0 Å². The molecule has 1 saturated heterocycles. The zero-order valence-corrected chi connectivity index (χ0v) is 18.3. The van der Waals surface area contributed by atoms with Crippen molar-refractivity contribution in [1.29, 1.82) is 0 Å². The number of aromatic nitrogens is 2. The van der Waals surface area contributed by atoms with Crippen LogP contribution in [0, 0.1) is 11.8 Å². The summed E-state index contributed by atoms with van der Waals surface area (Å²) < 4.78 is 10.6. The normalized spacial score (nSPS) is 24.2. The summed E-state index contributed by atoms with van der Waals surface area (Å²) in [5.41, 5.74) is 5.85. The SMILES string of the molecule is COC(C)c1noc(CN2CCCN(C(=O)[C@@H]3CCC[C@@H]3CN)CC2)n1.Cl.Cl. The molecule has 1 aliphatic carbocycles. The third kappa shape index (κ3) is 6.03. The number of nitrogens with zero attached hydrogens (tertiary/aromatic N) is 4. The molecule has 10 heteroatoms. The van der Waals surface area contributed by atoms with Gasteiger partial charge in [0.05, 0.1) is 6.54 Å². The fourth-order valence-corrected chi connectivity index (χ4v) is 4.02. The van der Waals surface area contributed by atoms with Crippen molar-refractivity contribution in [2.24, 2.45) is 17.6 Å². The van der Waals surface area contributed by atoms with Gasteiger partial charge in [0.1, 0.15) is 6.10 Å². The number of methoxy groups -OCH3 is 1. The molecule has 1 aromatic heterocycles. The van der Waals surface area contributed by atoms with Gasteiger partial charge in [-0.15, -0.1) is 24.8 Å². The first-order chi connectivity index (χ1) is 12.6. The van der Waals surface area contributed by atoms with Crippen LogP contribution in [-0.4, -0.2) is 65.7 Å².